The number of allylic oxidation sites excluding steroid dienone is 1. The van der Waals surface area contributed by atoms with Crippen molar-refractivity contribution in [3.63, 3.8) is 0 Å². The van der Waals surface area contributed by atoms with E-state index in [0.717, 1.165) is 22.6 Å². The van der Waals surface area contributed by atoms with Gasteiger partial charge in [-0.3, -0.25) is 9.48 Å². The summed E-state index contributed by atoms with van der Waals surface area (Å²) in [6.45, 7) is 13.9. The van der Waals surface area contributed by atoms with E-state index in [9.17, 15) is 9.59 Å². The van der Waals surface area contributed by atoms with Crippen LogP contribution >= 0.6 is 0 Å². The maximum atomic E-state index is 12.7. The molecule has 192 valence electrons. The SMILES string of the molecule is COc1ccc(Cn2nc(/C(=C/N(C)C)C(C)=O)c(C(C)(C)CNC(=O)OC(C)(C)C)c2C)cc1. The molecule has 1 amide bonds. The monoisotopic (exact) mass is 484 g/mol. The van der Waals surface area contributed by atoms with Crippen LogP contribution in [-0.2, 0) is 21.5 Å². The van der Waals surface area contributed by atoms with Crippen LogP contribution in [0.4, 0.5) is 4.79 Å². The summed E-state index contributed by atoms with van der Waals surface area (Å²) < 4.78 is 12.6. The molecular weight excluding hydrogens is 444 g/mol. The van der Waals surface area contributed by atoms with Crippen molar-refractivity contribution in [1.29, 1.82) is 0 Å². The first-order valence-corrected chi connectivity index (χ1v) is 11.7. The number of benzene rings is 1. The van der Waals surface area contributed by atoms with Crippen LogP contribution in [0, 0.1) is 6.92 Å². The average molecular weight is 485 g/mol. The largest absolute Gasteiger partial charge is 0.497 e. The van der Waals surface area contributed by atoms with Gasteiger partial charge in [-0.1, -0.05) is 26.0 Å². The van der Waals surface area contributed by atoms with Crippen LogP contribution in [-0.4, -0.2) is 59.9 Å². The molecule has 0 fully saturated rings. The molecule has 8 nitrogen and oxygen atoms in total. The van der Waals surface area contributed by atoms with Crippen LogP contribution in [0.1, 0.15) is 64.1 Å². The standard InChI is InChI=1S/C27H40N4O4/c1-18-23(27(6,7)17-28-25(33)35-26(3,4)5)24(22(19(2)32)16-30(8)9)29-31(18)15-20-11-13-21(34-10)14-12-20/h11-14,16H,15,17H2,1-10H3,(H,28,33)/b22-16+. The van der Waals surface area contributed by atoms with E-state index < -0.39 is 17.1 Å². The van der Waals surface area contributed by atoms with E-state index in [0.29, 0.717) is 24.4 Å². The van der Waals surface area contributed by atoms with E-state index in [4.69, 9.17) is 14.6 Å². The highest BCUT2D eigenvalue weighted by molar-refractivity contribution is 6.19. The van der Waals surface area contributed by atoms with Gasteiger partial charge in [0.15, 0.2) is 5.78 Å². The molecule has 0 radical (unpaired) electrons. The molecule has 0 aliphatic carbocycles. The summed E-state index contributed by atoms with van der Waals surface area (Å²) >= 11 is 0. The zero-order chi connectivity index (χ0) is 26.6. The highest BCUT2D eigenvalue weighted by Gasteiger charge is 2.33. The quantitative estimate of drug-likeness (QED) is 0.526. The first-order chi connectivity index (χ1) is 16.1. The smallest absolute Gasteiger partial charge is 0.407 e. The molecule has 1 aromatic heterocycles. The third kappa shape index (κ3) is 7.60. The van der Waals surface area contributed by atoms with Crippen LogP contribution in [0.5, 0.6) is 5.75 Å². The van der Waals surface area contributed by atoms with Crippen molar-refractivity contribution in [2.75, 3.05) is 27.7 Å². The van der Waals surface area contributed by atoms with Gasteiger partial charge in [0.1, 0.15) is 17.0 Å². The summed E-state index contributed by atoms with van der Waals surface area (Å²) in [4.78, 5) is 26.9. The number of alkyl carbamates (subject to hydrolysis) is 1. The van der Waals surface area contributed by atoms with Gasteiger partial charge in [0.25, 0.3) is 0 Å². The predicted molar refractivity (Wildman–Crippen MR) is 139 cm³/mol. The lowest BCUT2D eigenvalue weighted by Gasteiger charge is -2.28. The normalized spacial score (nSPS) is 12.3. The molecule has 0 atom stereocenters. The molecule has 0 saturated heterocycles. The Labute approximate surface area is 209 Å². The Balaban J connectivity index is 2.53. The number of methoxy groups -OCH3 is 1. The third-order valence-electron chi connectivity index (χ3n) is 5.47. The zero-order valence-corrected chi connectivity index (χ0v) is 22.8. The Bertz CT molecular complexity index is 1070. The summed E-state index contributed by atoms with van der Waals surface area (Å²) in [7, 11) is 5.39. The fourth-order valence-electron chi connectivity index (χ4n) is 3.88. The molecule has 1 N–H and O–H groups in total. The molecule has 0 aliphatic rings. The lowest BCUT2D eigenvalue weighted by molar-refractivity contribution is -0.111. The Morgan fingerprint density at radius 3 is 2.20 bits per heavy atom. The second-order valence-electron chi connectivity index (χ2n) is 10.6. The molecule has 2 rings (SSSR count). The number of aromatic nitrogens is 2. The molecule has 1 aromatic carbocycles. The molecule has 1 heterocycles. The lowest BCUT2D eigenvalue weighted by atomic mass is 9.81. The van der Waals surface area contributed by atoms with Gasteiger partial charge in [-0.25, -0.2) is 4.79 Å². The Morgan fingerprint density at radius 1 is 1.11 bits per heavy atom. The second kappa shape index (κ2) is 11.0. The average Bonchev–Trinajstić information content (AvgIpc) is 3.06. The van der Waals surface area contributed by atoms with Crippen LogP contribution in [0.2, 0.25) is 0 Å². The first kappa shape index (κ1) is 28.0. The van der Waals surface area contributed by atoms with Gasteiger partial charge in [-0.2, -0.15) is 5.10 Å². The predicted octanol–water partition coefficient (Wildman–Crippen LogP) is 4.54. The van der Waals surface area contributed by atoms with E-state index in [-0.39, 0.29) is 5.78 Å². The molecule has 0 aliphatic heterocycles. The number of ketones is 1. The molecular formula is C27H40N4O4. The molecule has 35 heavy (non-hydrogen) atoms. The Hall–Kier alpha value is -3.29. The van der Waals surface area contributed by atoms with Crippen molar-refractivity contribution in [2.24, 2.45) is 0 Å². The minimum absolute atomic E-state index is 0.0788. The Kier molecular flexibility index (Phi) is 8.76. The van der Waals surface area contributed by atoms with Crippen molar-refractivity contribution in [2.45, 2.75) is 66.0 Å². The van der Waals surface area contributed by atoms with Gasteiger partial charge in [0.2, 0.25) is 0 Å². The minimum Gasteiger partial charge on any atom is -0.497 e. The van der Waals surface area contributed by atoms with Gasteiger partial charge < -0.3 is 19.7 Å². The van der Waals surface area contributed by atoms with E-state index >= 15 is 0 Å². The molecule has 0 spiro atoms. The van der Waals surface area contributed by atoms with E-state index in [1.807, 2.05) is 89.5 Å². The topological polar surface area (TPSA) is 85.7 Å². The number of nitrogens with one attached hydrogen (secondary N) is 1. The number of hydrogen-bond donors (Lipinski definition) is 1. The highest BCUT2D eigenvalue weighted by atomic mass is 16.6. The molecule has 0 saturated carbocycles. The van der Waals surface area contributed by atoms with Crippen molar-refractivity contribution in [3.05, 3.63) is 53.0 Å². The van der Waals surface area contributed by atoms with Gasteiger partial charge in [0.05, 0.1) is 19.2 Å². The fraction of sp³-hybridized carbons (Fsp3) is 0.519. The van der Waals surface area contributed by atoms with Crippen molar-refractivity contribution >= 4 is 17.4 Å². The summed E-state index contributed by atoms with van der Waals surface area (Å²) in [5, 5.41) is 7.79. The van der Waals surface area contributed by atoms with E-state index in [2.05, 4.69) is 5.32 Å². The number of rotatable bonds is 9. The highest BCUT2D eigenvalue weighted by Crippen LogP contribution is 2.34. The maximum Gasteiger partial charge on any atom is 0.407 e. The van der Waals surface area contributed by atoms with E-state index in [1.54, 1.807) is 20.2 Å². The van der Waals surface area contributed by atoms with Crippen LogP contribution in [0.15, 0.2) is 30.5 Å². The van der Waals surface area contributed by atoms with E-state index in [1.165, 1.54) is 0 Å². The van der Waals surface area contributed by atoms with Crippen LogP contribution < -0.4 is 10.1 Å². The van der Waals surface area contributed by atoms with Crippen molar-refractivity contribution in [1.82, 2.24) is 20.0 Å². The molecule has 0 bridgehead atoms. The Morgan fingerprint density at radius 2 is 1.71 bits per heavy atom. The number of carbonyl (C=O) groups is 2. The molecule has 2 aromatic rings. The van der Waals surface area contributed by atoms with Crippen molar-refractivity contribution < 1.29 is 19.1 Å². The number of ether oxygens (including phenoxy) is 2. The summed E-state index contributed by atoms with van der Waals surface area (Å²) in [6.07, 6.45) is 1.31. The number of amides is 1. The molecule has 8 heteroatoms. The van der Waals surface area contributed by atoms with Gasteiger partial charge in [0, 0.05) is 43.5 Å². The van der Waals surface area contributed by atoms with Gasteiger partial charge in [-0.05, 0) is 52.3 Å². The zero-order valence-electron chi connectivity index (χ0n) is 22.8. The number of nitrogens with zero attached hydrogens (tertiary/aromatic N) is 3. The minimum atomic E-state index is -0.588. The van der Waals surface area contributed by atoms with Crippen LogP contribution in [0.3, 0.4) is 0 Å². The first-order valence-electron chi connectivity index (χ1n) is 11.7. The van der Waals surface area contributed by atoms with Gasteiger partial charge >= 0.3 is 6.09 Å². The third-order valence-corrected chi connectivity index (χ3v) is 5.47. The number of hydrogen-bond acceptors (Lipinski definition) is 6. The van der Waals surface area contributed by atoms with Crippen LogP contribution in [0.25, 0.3) is 5.57 Å². The lowest BCUT2D eigenvalue weighted by Crippen LogP contribution is -2.40. The number of Topliss-reactive ketones (excluding diaryl/α,β-unsaturated/α-hetero) is 1. The summed E-state index contributed by atoms with van der Waals surface area (Å²) in [5.41, 5.74) is 2.91. The second-order valence-corrected chi connectivity index (χ2v) is 10.6. The summed E-state index contributed by atoms with van der Waals surface area (Å²) in [6, 6.07) is 7.82. The maximum absolute atomic E-state index is 12.7. The number of carbonyl (C=O) groups excluding carboxylic acids is 2. The van der Waals surface area contributed by atoms with Gasteiger partial charge in [-0.15, -0.1) is 0 Å². The molecule has 0 unspecified atom stereocenters. The summed E-state index contributed by atoms with van der Waals surface area (Å²) in [5.74, 6) is 0.708. The van der Waals surface area contributed by atoms with Crippen molar-refractivity contribution in [3.8, 4) is 5.75 Å². The fourth-order valence-corrected chi connectivity index (χ4v) is 3.88.